The van der Waals surface area contributed by atoms with Crippen molar-refractivity contribution >= 4 is 44.6 Å². The van der Waals surface area contributed by atoms with Gasteiger partial charge in [-0.1, -0.05) is 11.6 Å². The van der Waals surface area contributed by atoms with E-state index >= 15 is 0 Å². The molecule has 0 saturated heterocycles. The highest BCUT2D eigenvalue weighted by Crippen LogP contribution is 2.38. The van der Waals surface area contributed by atoms with Crippen LogP contribution in [0.15, 0.2) is 28.7 Å². The highest BCUT2D eigenvalue weighted by atomic mass is 79.9. The smallest absolute Gasteiger partial charge is 0.156 e. The molecule has 0 radical (unpaired) electrons. The van der Waals surface area contributed by atoms with Gasteiger partial charge in [0.1, 0.15) is 0 Å². The van der Waals surface area contributed by atoms with E-state index in [0.717, 1.165) is 15.9 Å². The van der Waals surface area contributed by atoms with Crippen molar-refractivity contribution < 1.29 is 4.74 Å². The Bertz CT molecular complexity index is 600. The summed E-state index contributed by atoms with van der Waals surface area (Å²) in [7, 11) is 0. The standard InChI is InChI=1S/C15H17BrClNOS/c1-4-19-15-12(16)7-11(17)8-13(15)18-10(3)14-6-5-9(2)20-14/h5-8,10,18H,4H2,1-3H3. The van der Waals surface area contributed by atoms with E-state index in [9.17, 15) is 0 Å². The van der Waals surface area contributed by atoms with Crippen molar-refractivity contribution in [2.24, 2.45) is 0 Å². The zero-order valence-electron chi connectivity index (χ0n) is 11.7. The number of thiophene rings is 1. The fourth-order valence-electron chi connectivity index (χ4n) is 1.95. The van der Waals surface area contributed by atoms with E-state index in [4.69, 9.17) is 16.3 Å². The van der Waals surface area contributed by atoms with Gasteiger partial charge in [-0.15, -0.1) is 11.3 Å². The van der Waals surface area contributed by atoms with Crippen LogP contribution in [0.2, 0.25) is 5.02 Å². The zero-order valence-corrected chi connectivity index (χ0v) is 14.8. The number of rotatable bonds is 5. The van der Waals surface area contributed by atoms with Gasteiger partial charge in [-0.25, -0.2) is 0 Å². The second-order valence-electron chi connectivity index (χ2n) is 4.51. The molecule has 1 heterocycles. The van der Waals surface area contributed by atoms with Crippen LogP contribution < -0.4 is 10.1 Å². The van der Waals surface area contributed by atoms with E-state index in [1.807, 2.05) is 19.1 Å². The van der Waals surface area contributed by atoms with Gasteiger partial charge in [-0.3, -0.25) is 0 Å². The van der Waals surface area contributed by atoms with Crippen molar-refractivity contribution in [2.75, 3.05) is 11.9 Å². The van der Waals surface area contributed by atoms with Crippen molar-refractivity contribution in [3.05, 3.63) is 43.5 Å². The molecular weight excluding hydrogens is 358 g/mol. The first-order valence-electron chi connectivity index (χ1n) is 6.46. The van der Waals surface area contributed by atoms with E-state index in [0.29, 0.717) is 11.6 Å². The fraction of sp³-hybridized carbons (Fsp3) is 0.333. The topological polar surface area (TPSA) is 21.3 Å². The lowest BCUT2D eigenvalue weighted by atomic mass is 10.2. The molecule has 1 aromatic heterocycles. The maximum Gasteiger partial charge on any atom is 0.156 e. The Morgan fingerprint density at radius 2 is 2.15 bits per heavy atom. The summed E-state index contributed by atoms with van der Waals surface area (Å²) in [4.78, 5) is 2.60. The Morgan fingerprint density at radius 3 is 2.75 bits per heavy atom. The van der Waals surface area contributed by atoms with Gasteiger partial charge in [0, 0.05) is 14.8 Å². The quantitative estimate of drug-likeness (QED) is 0.688. The van der Waals surface area contributed by atoms with Crippen LogP contribution in [0.4, 0.5) is 5.69 Å². The Labute approximate surface area is 137 Å². The molecule has 1 atom stereocenters. The van der Waals surface area contributed by atoms with Crippen LogP contribution in [0.3, 0.4) is 0 Å². The van der Waals surface area contributed by atoms with E-state index in [-0.39, 0.29) is 6.04 Å². The van der Waals surface area contributed by atoms with Gasteiger partial charge in [0.15, 0.2) is 5.75 Å². The van der Waals surface area contributed by atoms with Crippen molar-refractivity contribution in [2.45, 2.75) is 26.8 Å². The van der Waals surface area contributed by atoms with Crippen molar-refractivity contribution in [1.29, 1.82) is 0 Å². The molecule has 0 spiro atoms. The molecule has 2 aromatic rings. The maximum atomic E-state index is 6.13. The maximum absolute atomic E-state index is 6.13. The second-order valence-corrected chi connectivity index (χ2v) is 7.12. The predicted octanol–water partition coefficient (Wildman–Crippen LogP) is 6.04. The number of hydrogen-bond acceptors (Lipinski definition) is 3. The molecule has 20 heavy (non-hydrogen) atoms. The molecule has 1 unspecified atom stereocenters. The molecule has 0 saturated carbocycles. The van der Waals surface area contributed by atoms with E-state index in [1.54, 1.807) is 11.3 Å². The minimum absolute atomic E-state index is 0.207. The average molecular weight is 375 g/mol. The normalized spacial score (nSPS) is 12.2. The molecule has 0 bridgehead atoms. The van der Waals surface area contributed by atoms with Crippen LogP contribution >= 0.6 is 38.9 Å². The van der Waals surface area contributed by atoms with Crippen LogP contribution in [0.5, 0.6) is 5.75 Å². The molecular formula is C15H17BrClNOS. The lowest BCUT2D eigenvalue weighted by Crippen LogP contribution is -2.07. The van der Waals surface area contributed by atoms with E-state index < -0.39 is 0 Å². The largest absolute Gasteiger partial charge is 0.491 e. The Kier molecular flexibility index (Phi) is 5.35. The van der Waals surface area contributed by atoms with Gasteiger partial charge in [0.05, 0.1) is 22.8 Å². The molecule has 0 aliphatic rings. The second kappa shape index (κ2) is 6.83. The van der Waals surface area contributed by atoms with Crippen LogP contribution in [-0.2, 0) is 0 Å². The lowest BCUT2D eigenvalue weighted by molar-refractivity contribution is 0.339. The molecule has 1 N–H and O–H groups in total. The number of ether oxygens (including phenoxy) is 1. The number of hydrogen-bond donors (Lipinski definition) is 1. The monoisotopic (exact) mass is 373 g/mol. The summed E-state index contributed by atoms with van der Waals surface area (Å²) in [5.74, 6) is 0.803. The summed E-state index contributed by atoms with van der Waals surface area (Å²) < 4.78 is 6.56. The van der Waals surface area contributed by atoms with Gasteiger partial charge >= 0.3 is 0 Å². The summed E-state index contributed by atoms with van der Waals surface area (Å²) in [6.45, 7) is 6.83. The van der Waals surface area contributed by atoms with Gasteiger partial charge in [0.2, 0.25) is 0 Å². The molecule has 1 aromatic carbocycles. The molecule has 0 aliphatic carbocycles. The third-order valence-corrected chi connectivity index (χ3v) is 4.85. The minimum Gasteiger partial charge on any atom is -0.491 e. The zero-order chi connectivity index (χ0) is 14.7. The molecule has 108 valence electrons. The Balaban J connectivity index is 2.27. The van der Waals surface area contributed by atoms with Crippen molar-refractivity contribution in [3.8, 4) is 5.75 Å². The van der Waals surface area contributed by atoms with Crippen LogP contribution in [-0.4, -0.2) is 6.61 Å². The van der Waals surface area contributed by atoms with Gasteiger partial charge in [0.25, 0.3) is 0 Å². The van der Waals surface area contributed by atoms with Gasteiger partial charge in [-0.05, 0) is 61.0 Å². The third-order valence-electron chi connectivity index (χ3n) is 2.86. The summed E-state index contributed by atoms with van der Waals surface area (Å²) in [5, 5.41) is 4.16. The summed E-state index contributed by atoms with van der Waals surface area (Å²) in [6, 6.07) is 8.23. The van der Waals surface area contributed by atoms with E-state index in [2.05, 4.69) is 47.2 Å². The average Bonchev–Trinajstić information content (AvgIpc) is 2.80. The first-order chi connectivity index (χ1) is 9.51. The van der Waals surface area contributed by atoms with Gasteiger partial charge in [-0.2, -0.15) is 0 Å². The number of nitrogens with one attached hydrogen (secondary N) is 1. The highest BCUT2D eigenvalue weighted by Gasteiger charge is 2.14. The van der Waals surface area contributed by atoms with Crippen LogP contribution in [0.1, 0.15) is 29.6 Å². The van der Waals surface area contributed by atoms with E-state index in [1.165, 1.54) is 9.75 Å². The first kappa shape index (κ1) is 15.7. The number of halogens is 2. The predicted molar refractivity (Wildman–Crippen MR) is 91.4 cm³/mol. The lowest BCUT2D eigenvalue weighted by Gasteiger charge is -2.18. The molecule has 0 fully saturated rings. The molecule has 2 rings (SSSR count). The van der Waals surface area contributed by atoms with Crippen molar-refractivity contribution in [3.63, 3.8) is 0 Å². The fourth-order valence-corrected chi connectivity index (χ4v) is 3.75. The molecule has 0 aliphatic heterocycles. The van der Waals surface area contributed by atoms with Gasteiger partial charge < -0.3 is 10.1 Å². The highest BCUT2D eigenvalue weighted by molar-refractivity contribution is 9.10. The number of anilines is 1. The molecule has 5 heteroatoms. The third kappa shape index (κ3) is 3.68. The van der Waals surface area contributed by atoms with Crippen molar-refractivity contribution in [1.82, 2.24) is 0 Å². The number of aryl methyl sites for hydroxylation is 1. The first-order valence-corrected chi connectivity index (χ1v) is 8.44. The number of benzene rings is 1. The molecule has 2 nitrogen and oxygen atoms in total. The Morgan fingerprint density at radius 1 is 1.40 bits per heavy atom. The minimum atomic E-state index is 0.207. The SMILES string of the molecule is CCOc1c(Br)cc(Cl)cc1NC(C)c1ccc(C)s1. The van der Waals surface area contributed by atoms with Crippen LogP contribution in [0.25, 0.3) is 0 Å². The summed E-state index contributed by atoms with van der Waals surface area (Å²) in [6.07, 6.45) is 0. The summed E-state index contributed by atoms with van der Waals surface area (Å²) >= 11 is 11.4. The Hall–Kier alpha value is -0.710. The van der Waals surface area contributed by atoms with Crippen LogP contribution in [0, 0.1) is 6.92 Å². The molecule has 0 amide bonds. The summed E-state index contributed by atoms with van der Waals surface area (Å²) in [5.41, 5.74) is 0.907.